The second-order valence-electron chi connectivity index (χ2n) is 6.06. The van der Waals surface area contributed by atoms with E-state index in [0.717, 1.165) is 4.88 Å². The molecule has 144 valence electrons. The van der Waals surface area contributed by atoms with E-state index in [1.165, 1.54) is 41.0 Å². The van der Waals surface area contributed by atoms with Crippen LogP contribution in [-0.2, 0) is 21.4 Å². The zero-order chi connectivity index (χ0) is 19.4. The molecule has 0 spiro atoms. The summed E-state index contributed by atoms with van der Waals surface area (Å²) in [6, 6.07) is 6.66. The standard InChI is InChI=1S/C17H20N4O4S2/c1-13(22)19-11-14-4-5-16(26-14)17(23)20-7-9-21(10-8-20)27(24,25)15-3-2-6-18-12-15/h2-6,12H,7-11H2,1H3,(H,19,22). The van der Waals surface area contributed by atoms with Gasteiger partial charge in [0.05, 0.1) is 11.4 Å². The molecule has 0 saturated carbocycles. The molecule has 1 saturated heterocycles. The van der Waals surface area contributed by atoms with Crippen LogP contribution in [-0.4, -0.2) is 60.6 Å². The Morgan fingerprint density at radius 2 is 1.93 bits per heavy atom. The van der Waals surface area contributed by atoms with Gasteiger partial charge < -0.3 is 10.2 Å². The molecule has 0 atom stereocenters. The normalized spacial score (nSPS) is 15.5. The van der Waals surface area contributed by atoms with Crippen LogP contribution in [0.5, 0.6) is 0 Å². The molecule has 0 aromatic carbocycles. The van der Waals surface area contributed by atoms with Gasteiger partial charge in [0.1, 0.15) is 4.90 Å². The summed E-state index contributed by atoms with van der Waals surface area (Å²) in [6.45, 7) is 2.98. The molecule has 1 aliphatic rings. The molecule has 1 fully saturated rings. The molecule has 1 N–H and O–H groups in total. The first-order valence-corrected chi connectivity index (χ1v) is 10.7. The smallest absolute Gasteiger partial charge is 0.264 e. The minimum Gasteiger partial charge on any atom is -0.351 e. The molecule has 3 rings (SSSR count). The molecule has 27 heavy (non-hydrogen) atoms. The lowest BCUT2D eigenvalue weighted by Crippen LogP contribution is -2.50. The number of carbonyl (C=O) groups excluding carboxylic acids is 2. The van der Waals surface area contributed by atoms with Crippen LogP contribution >= 0.6 is 11.3 Å². The summed E-state index contributed by atoms with van der Waals surface area (Å²) in [5.74, 6) is -0.241. The lowest BCUT2D eigenvalue weighted by atomic mass is 10.3. The van der Waals surface area contributed by atoms with Crippen molar-refractivity contribution >= 4 is 33.2 Å². The van der Waals surface area contributed by atoms with Gasteiger partial charge in [-0.25, -0.2) is 8.42 Å². The van der Waals surface area contributed by atoms with Crippen molar-refractivity contribution in [1.82, 2.24) is 19.5 Å². The maximum atomic E-state index is 12.6. The highest BCUT2D eigenvalue weighted by molar-refractivity contribution is 7.89. The van der Waals surface area contributed by atoms with E-state index in [2.05, 4.69) is 10.3 Å². The first-order valence-electron chi connectivity index (χ1n) is 8.40. The van der Waals surface area contributed by atoms with Gasteiger partial charge in [-0.1, -0.05) is 0 Å². The van der Waals surface area contributed by atoms with Gasteiger partial charge in [0.15, 0.2) is 0 Å². The molecule has 0 radical (unpaired) electrons. The number of hydrogen-bond acceptors (Lipinski definition) is 6. The number of nitrogens with one attached hydrogen (secondary N) is 1. The maximum Gasteiger partial charge on any atom is 0.264 e. The number of piperazine rings is 1. The van der Waals surface area contributed by atoms with Gasteiger partial charge in [0, 0.05) is 50.4 Å². The Hall–Kier alpha value is -2.30. The summed E-state index contributed by atoms with van der Waals surface area (Å²) in [5.41, 5.74) is 0. The summed E-state index contributed by atoms with van der Waals surface area (Å²) in [4.78, 5) is 30.8. The van der Waals surface area contributed by atoms with Gasteiger partial charge >= 0.3 is 0 Å². The fourth-order valence-electron chi connectivity index (χ4n) is 2.74. The molecule has 3 heterocycles. The van der Waals surface area contributed by atoms with Crippen LogP contribution in [0.3, 0.4) is 0 Å². The molecule has 0 unspecified atom stereocenters. The average molecular weight is 409 g/mol. The Labute approximate surface area is 161 Å². The van der Waals surface area contributed by atoms with Gasteiger partial charge in [0.25, 0.3) is 5.91 Å². The number of hydrogen-bond donors (Lipinski definition) is 1. The van der Waals surface area contributed by atoms with Gasteiger partial charge in [-0.05, 0) is 24.3 Å². The highest BCUT2D eigenvalue weighted by Crippen LogP contribution is 2.21. The number of nitrogens with zero attached hydrogens (tertiary/aromatic N) is 3. The first-order chi connectivity index (χ1) is 12.9. The van der Waals surface area contributed by atoms with Crippen LogP contribution in [0.4, 0.5) is 0 Å². The number of sulfonamides is 1. The Kier molecular flexibility index (Phi) is 5.88. The largest absolute Gasteiger partial charge is 0.351 e. The summed E-state index contributed by atoms with van der Waals surface area (Å²) in [7, 11) is -3.59. The Balaban J connectivity index is 1.60. The number of aromatic nitrogens is 1. The number of carbonyl (C=O) groups is 2. The minimum absolute atomic E-state index is 0.118. The molecular weight excluding hydrogens is 388 g/mol. The van der Waals surface area contributed by atoms with Gasteiger partial charge in [-0.3, -0.25) is 14.6 Å². The lowest BCUT2D eigenvalue weighted by Gasteiger charge is -2.33. The van der Waals surface area contributed by atoms with Gasteiger partial charge in [-0.2, -0.15) is 4.31 Å². The third-order valence-corrected chi connectivity index (χ3v) is 7.14. The molecule has 0 aliphatic carbocycles. The predicted molar refractivity (Wildman–Crippen MR) is 101 cm³/mol. The van der Waals surface area contributed by atoms with Crippen molar-refractivity contribution in [2.24, 2.45) is 0 Å². The SMILES string of the molecule is CC(=O)NCc1ccc(C(=O)N2CCN(S(=O)(=O)c3cccnc3)CC2)s1. The molecule has 0 bridgehead atoms. The highest BCUT2D eigenvalue weighted by atomic mass is 32.2. The van der Waals surface area contributed by atoms with Crippen LogP contribution in [0.1, 0.15) is 21.5 Å². The highest BCUT2D eigenvalue weighted by Gasteiger charge is 2.30. The molecular formula is C17H20N4O4S2. The average Bonchev–Trinajstić information content (AvgIpc) is 3.15. The van der Waals surface area contributed by atoms with Crippen LogP contribution < -0.4 is 5.32 Å². The zero-order valence-electron chi connectivity index (χ0n) is 14.8. The van der Waals surface area contributed by atoms with E-state index < -0.39 is 10.0 Å². The minimum atomic E-state index is -3.59. The number of thiophene rings is 1. The summed E-state index contributed by atoms with van der Waals surface area (Å²) < 4.78 is 26.6. The Morgan fingerprint density at radius 3 is 2.56 bits per heavy atom. The van der Waals surface area contributed by atoms with E-state index in [-0.39, 0.29) is 29.8 Å². The summed E-state index contributed by atoms with van der Waals surface area (Å²) in [6.07, 6.45) is 2.85. The third kappa shape index (κ3) is 4.52. The van der Waals surface area contributed by atoms with E-state index >= 15 is 0 Å². The van der Waals surface area contributed by atoms with E-state index in [9.17, 15) is 18.0 Å². The van der Waals surface area contributed by atoms with Gasteiger partial charge in [-0.15, -0.1) is 11.3 Å². The topological polar surface area (TPSA) is 99.7 Å². The lowest BCUT2D eigenvalue weighted by molar-refractivity contribution is -0.119. The van der Waals surface area contributed by atoms with Crippen molar-refractivity contribution < 1.29 is 18.0 Å². The molecule has 2 aromatic heterocycles. The molecule has 2 amide bonds. The Bertz CT molecular complexity index is 919. The van der Waals surface area contributed by atoms with Crippen molar-refractivity contribution in [3.63, 3.8) is 0 Å². The molecule has 8 nitrogen and oxygen atoms in total. The fraction of sp³-hybridized carbons (Fsp3) is 0.353. The van der Waals surface area contributed by atoms with Crippen molar-refractivity contribution in [1.29, 1.82) is 0 Å². The molecule has 2 aromatic rings. The van der Waals surface area contributed by atoms with E-state index in [1.54, 1.807) is 17.0 Å². The number of rotatable bonds is 5. The first kappa shape index (κ1) is 19.5. The summed E-state index contributed by atoms with van der Waals surface area (Å²) in [5, 5.41) is 2.70. The van der Waals surface area contributed by atoms with Crippen LogP contribution in [0.25, 0.3) is 0 Å². The molecule has 1 aliphatic heterocycles. The van der Waals surface area contributed by atoms with E-state index in [1.807, 2.05) is 6.07 Å². The second kappa shape index (κ2) is 8.15. The third-order valence-electron chi connectivity index (χ3n) is 4.18. The fourth-order valence-corrected chi connectivity index (χ4v) is 5.04. The van der Waals surface area contributed by atoms with Gasteiger partial charge in [0.2, 0.25) is 15.9 Å². The number of amides is 2. The maximum absolute atomic E-state index is 12.6. The van der Waals surface area contributed by atoms with Crippen molar-refractivity contribution in [2.45, 2.75) is 18.4 Å². The van der Waals surface area contributed by atoms with Crippen molar-refractivity contribution in [3.05, 3.63) is 46.4 Å². The van der Waals surface area contributed by atoms with Crippen LogP contribution in [0.2, 0.25) is 0 Å². The predicted octanol–water partition coefficient (Wildman–Crippen LogP) is 0.926. The quantitative estimate of drug-likeness (QED) is 0.793. The Morgan fingerprint density at radius 1 is 1.19 bits per heavy atom. The van der Waals surface area contributed by atoms with Crippen LogP contribution in [0.15, 0.2) is 41.6 Å². The van der Waals surface area contributed by atoms with E-state index in [0.29, 0.717) is 24.5 Å². The van der Waals surface area contributed by atoms with E-state index in [4.69, 9.17) is 0 Å². The number of pyridine rings is 1. The van der Waals surface area contributed by atoms with Crippen molar-refractivity contribution in [2.75, 3.05) is 26.2 Å². The van der Waals surface area contributed by atoms with Crippen molar-refractivity contribution in [3.8, 4) is 0 Å². The zero-order valence-corrected chi connectivity index (χ0v) is 16.4. The summed E-state index contributed by atoms with van der Waals surface area (Å²) >= 11 is 1.33. The second-order valence-corrected chi connectivity index (χ2v) is 9.17. The molecule has 10 heteroatoms. The van der Waals surface area contributed by atoms with Crippen LogP contribution in [0, 0.1) is 0 Å². The monoisotopic (exact) mass is 408 g/mol.